The lowest BCUT2D eigenvalue weighted by molar-refractivity contribution is -0.402. The molecule has 0 aliphatic rings. The fourth-order valence-electron chi connectivity index (χ4n) is 1.55. The average molecular weight is 288 g/mol. The van der Waals surface area contributed by atoms with Gasteiger partial charge in [0.2, 0.25) is 5.78 Å². The SMILES string of the molecule is O=C(C=Cc1cccc([N+](=O)[O-])c1)c1ccc([N+](=O)[O-])o1. The number of allylic oxidation sites excluding steroid dienone is 1. The molecule has 106 valence electrons. The predicted molar refractivity (Wildman–Crippen MR) is 71.8 cm³/mol. The Bertz CT molecular complexity index is 747. The smallest absolute Gasteiger partial charge is 0.397 e. The molecule has 1 aromatic carbocycles. The lowest BCUT2D eigenvalue weighted by atomic mass is 10.1. The largest absolute Gasteiger partial charge is 0.433 e. The van der Waals surface area contributed by atoms with Gasteiger partial charge < -0.3 is 4.42 Å². The Kier molecular flexibility index (Phi) is 3.89. The summed E-state index contributed by atoms with van der Waals surface area (Å²) in [5, 5.41) is 21.1. The van der Waals surface area contributed by atoms with E-state index in [1.807, 2.05) is 0 Å². The number of nitro groups is 2. The van der Waals surface area contributed by atoms with Gasteiger partial charge in [-0.15, -0.1) is 0 Å². The molecule has 0 saturated heterocycles. The monoisotopic (exact) mass is 288 g/mol. The number of furan rings is 1. The van der Waals surface area contributed by atoms with Crippen molar-refractivity contribution in [3.05, 3.63) is 74.0 Å². The molecule has 0 radical (unpaired) electrons. The first-order chi connectivity index (χ1) is 9.97. The Morgan fingerprint density at radius 3 is 2.48 bits per heavy atom. The summed E-state index contributed by atoms with van der Waals surface area (Å²) in [6.07, 6.45) is 2.49. The number of ketones is 1. The fourth-order valence-corrected chi connectivity index (χ4v) is 1.55. The van der Waals surface area contributed by atoms with Crippen LogP contribution in [0.2, 0.25) is 0 Å². The zero-order valence-electron chi connectivity index (χ0n) is 10.5. The van der Waals surface area contributed by atoms with Crippen molar-refractivity contribution in [3.63, 3.8) is 0 Å². The van der Waals surface area contributed by atoms with Gasteiger partial charge in [0.25, 0.3) is 5.69 Å². The number of nitrogens with zero attached hydrogens (tertiary/aromatic N) is 2. The molecule has 2 rings (SSSR count). The van der Waals surface area contributed by atoms with Gasteiger partial charge in [-0.2, -0.15) is 0 Å². The molecule has 2 aromatic rings. The van der Waals surface area contributed by atoms with Gasteiger partial charge in [-0.3, -0.25) is 25.0 Å². The molecule has 0 spiro atoms. The molecule has 0 aliphatic heterocycles. The van der Waals surface area contributed by atoms with Gasteiger partial charge in [-0.05, 0) is 17.7 Å². The number of hydrogen-bond acceptors (Lipinski definition) is 6. The minimum absolute atomic E-state index is 0.0989. The van der Waals surface area contributed by atoms with Crippen LogP contribution in [-0.2, 0) is 0 Å². The van der Waals surface area contributed by atoms with Crippen LogP contribution in [-0.4, -0.2) is 15.6 Å². The average Bonchev–Trinajstić information content (AvgIpc) is 2.95. The standard InChI is InChI=1S/C13H8N2O6/c16-11(12-6-7-13(21-12)15(19)20)5-4-9-2-1-3-10(8-9)14(17)18/h1-8H. The zero-order chi connectivity index (χ0) is 15.4. The first-order valence-corrected chi connectivity index (χ1v) is 5.68. The van der Waals surface area contributed by atoms with Crippen molar-refractivity contribution in [2.24, 2.45) is 0 Å². The quantitative estimate of drug-likeness (QED) is 0.361. The van der Waals surface area contributed by atoms with Gasteiger partial charge >= 0.3 is 5.88 Å². The van der Waals surface area contributed by atoms with E-state index in [0.717, 1.165) is 12.1 Å². The third kappa shape index (κ3) is 3.38. The van der Waals surface area contributed by atoms with Gasteiger partial charge in [0.05, 0.1) is 11.0 Å². The van der Waals surface area contributed by atoms with Gasteiger partial charge in [0, 0.05) is 12.1 Å². The Balaban J connectivity index is 2.16. The van der Waals surface area contributed by atoms with Crippen molar-refractivity contribution < 1.29 is 19.1 Å². The molecular weight excluding hydrogens is 280 g/mol. The van der Waals surface area contributed by atoms with Crippen molar-refractivity contribution >= 4 is 23.4 Å². The van der Waals surface area contributed by atoms with Crippen LogP contribution in [0, 0.1) is 20.2 Å². The summed E-state index contributed by atoms with van der Waals surface area (Å²) in [4.78, 5) is 31.5. The van der Waals surface area contributed by atoms with Gasteiger partial charge in [0.15, 0.2) is 5.76 Å². The van der Waals surface area contributed by atoms with E-state index in [0.29, 0.717) is 5.56 Å². The van der Waals surface area contributed by atoms with E-state index in [9.17, 15) is 25.0 Å². The molecule has 1 heterocycles. The number of non-ortho nitro benzene ring substituents is 1. The molecule has 0 fully saturated rings. The van der Waals surface area contributed by atoms with Crippen LogP contribution in [0.25, 0.3) is 6.08 Å². The maximum absolute atomic E-state index is 11.7. The second kappa shape index (κ2) is 5.78. The number of nitro benzene ring substituents is 1. The molecule has 8 heteroatoms. The number of benzene rings is 1. The van der Waals surface area contributed by atoms with E-state index < -0.39 is 21.5 Å². The van der Waals surface area contributed by atoms with E-state index in [1.165, 1.54) is 30.3 Å². The van der Waals surface area contributed by atoms with E-state index in [1.54, 1.807) is 6.07 Å². The van der Waals surface area contributed by atoms with Crippen LogP contribution < -0.4 is 0 Å². The molecule has 0 atom stereocenters. The molecular formula is C13H8N2O6. The lowest BCUT2D eigenvalue weighted by Gasteiger charge is -1.94. The summed E-state index contributed by atoms with van der Waals surface area (Å²) in [7, 11) is 0. The van der Waals surface area contributed by atoms with Crippen molar-refractivity contribution in [1.29, 1.82) is 0 Å². The van der Waals surface area contributed by atoms with Gasteiger partial charge in [-0.1, -0.05) is 18.2 Å². The minimum Gasteiger partial charge on any atom is -0.397 e. The Hall–Kier alpha value is -3.29. The van der Waals surface area contributed by atoms with Crippen molar-refractivity contribution in [2.45, 2.75) is 0 Å². The molecule has 0 N–H and O–H groups in total. The first kappa shape index (κ1) is 14.1. The Morgan fingerprint density at radius 2 is 1.86 bits per heavy atom. The zero-order valence-corrected chi connectivity index (χ0v) is 10.5. The number of rotatable bonds is 5. The maximum atomic E-state index is 11.7. The van der Waals surface area contributed by atoms with E-state index in [-0.39, 0.29) is 11.4 Å². The van der Waals surface area contributed by atoms with Crippen LogP contribution in [0.15, 0.2) is 46.9 Å². The molecule has 0 amide bonds. The molecule has 8 nitrogen and oxygen atoms in total. The summed E-state index contributed by atoms with van der Waals surface area (Å²) in [5.41, 5.74) is 0.358. The van der Waals surface area contributed by atoms with Crippen molar-refractivity contribution in [2.75, 3.05) is 0 Å². The highest BCUT2D eigenvalue weighted by Gasteiger charge is 2.15. The molecule has 21 heavy (non-hydrogen) atoms. The molecule has 0 saturated carbocycles. The highest BCUT2D eigenvalue weighted by Crippen LogP contribution is 2.18. The molecule has 0 bridgehead atoms. The third-order valence-electron chi connectivity index (χ3n) is 2.52. The highest BCUT2D eigenvalue weighted by atomic mass is 16.6. The summed E-state index contributed by atoms with van der Waals surface area (Å²) >= 11 is 0. The first-order valence-electron chi connectivity index (χ1n) is 5.68. The topological polar surface area (TPSA) is 116 Å². The van der Waals surface area contributed by atoms with Crippen LogP contribution in [0.4, 0.5) is 11.6 Å². The second-order valence-electron chi connectivity index (χ2n) is 3.94. The molecule has 1 aromatic heterocycles. The number of carbonyl (C=O) groups excluding carboxylic acids is 1. The third-order valence-corrected chi connectivity index (χ3v) is 2.52. The van der Waals surface area contributed by atoms with Crippen LogP contribution in [0.3, 0.4) is 0 Å². The Labute approximate surface area is 117 Å². The van der Waals surface area contributed by atoms with E-state index >= 15 is 0 Å². The number of carbonyl (C=O) groups is 1. The van der Waals surface area contributed by atoms with Crippen molar-refractivity contribution in [1.82, 2.24) is 0 Å². The Morgan fingerprint density at radius 1 is 1.10 bits per heavy atom. The molecule has 0 aliphatic carbocycles. The normalized spacial score (nSPS) is 10.7. The van der Waals surface area contributed by atoms with Gasteiger partial charge in [-0.25, -0.2) is 0 Å². The van der Waals surface area contributed by atoms with E-state index in [4.69, 9.17) is 4.42 Å². The van der Waals surface area contributed by atoms with Crippen LogP contribution in [0.5, 0.6) is 0 Å². The lowest BCUT2D eigenvalue weighted by Crippen LogP contribution is -1.91. The van der Waals surface area contributed by atoms with Crippen LogP contribution in [0.1, 0.15) is 16.1 Å². The number of hydrogen-bond donors (Lipinski definition) is 0. The molecule has 0 unspecified atom stereocenters. The summed E-state index contributed by atoms with van der Waals surface area (Å²) in [5.74, 6) is -1.28. The van der Waals surface area contributed by atoms with Crippen molar-refractivity contribution in [3.8, 4) is 0 Å². The summed E-state index contributed by atoms with van der Waals surface area (Å²) in [6, 6.07) is 7.97. The maximum Gasteiger partial charge on any atom is 0.433 e. The summed E-state index contributed by atoms with van der Waals surface area (Å²) < 4.78 is 4.75. The van der Waals surface area contributed by atoms with Crippen LogP contribution >= 0.6 is 0 Å². The van der Waals surface area contributed by atoms with Gasteiger partial charge in [0.1, 0.15) is 4.92 Å². The predicted octanol–water partition coefficient (Wildman–Crippen LogP) is 2.99. The highest BCUT2D eigenvalue weighted by molar-refractivity contribution is 6.05. The van der Waals surface area contributed by atoms with E-state index in [2.05, 4.69) is 0 Å². The minimum atomic E-state index is -0.749. The summed E-state index contributed by atoms with van der Waals surface area (Å²) in [6.45, 7) is 0. The fraction of sp³-hybridized carbons (Fsp3) is 0. The second-order valence-corrected chi connectivity index (χ2v) is 3.94.